The summed E-state index contributed by atoms with van der Waals surface area (Å²) in [4.78, 5) is 11.5. The van der Waals surface area contributed by atoms with Gasteiger partial charge in [-0.2, -0.15) is 0 Å². The fourth-order valence-electron chi connectivity index (χ4n) is 1.86. The molecule has 27 heavy (non-hydrogen) atoms. The maximum atomic E-state index is 11.5. The van der Waals surface area contributed by atoms with Crippen molar-refractivity contribution in [3.63, 3.8) is 0 Å². The summed E-state index contributed by atoms with van der Waals surface area (Å²) in [5, 5.41) is 2.99. The summed E-state index contributed by atoms with van der Waals surface area (Å²) < 4.78 is 22.4. The average molecular weight is 406 g/mol. The van der Waals surface area contributed by atoms with E-state index in [1.54, 1.807) is 0 Å². The minimum absolute atomic E-state index is 0.254. The van der Waals surface area contributed by atoms with E-state index in [4.69, 9.17) is 18.6 Å². The first-order valence-corrected chi connectivity index (χ1v) is 13.0. The van der Waals surface area contributed by atoms with Crippen LogP contribution < -0.4 is 5.32 Å². The first kappa shape index (κ1) is 26.4. The van der Waals surface area contributed by atoms with E-state index in [1.807, 2.05) is 20.8 Å². The highest BCUT2D eigenvalue weighted by atomic mass is 28.4. The molecule has 0 radical (unpaired) electrons. The molecule has 6 nitrogen and oxygen atoms in total. The predicted molar refractivity (Wildman–Crippen MR) is 113 cm³/mol. The Hall–Kier alpha value is -0.633. The number of hydrogen-bond donors (Lipinski definition) is 1. The van der Waals surface area contributed by atoms with E-state index in [-0.39, 0.29) is 11.1 Å². The smallest absolute Gasteiger partial charge is 0.407 e. The second-order valence-corrected chi connectivity index (χ2v) is 14.1. The molecular formula is C20H43NO5Si. The monoisotopic (exact) mass is 405 g/mol. The van der Waals surface area contributed by atoms with Gasteiger partial charge >= 0.3 is 6.09 Å². The molecule has 0 aliphatic carbocycles. The summed E-state index contributed by atoms with van der Waals surface area (Å²) in [6, 6.07) is 0. The van der Waals surface area contributed by atoms with E-state index in [0.29, 0.717) is 33.0 Å². The third kappa shape index (κ3) is 15.0. The molecule has 0 aromatic heterocycles. The molecule has 0 rings (SSSR count). The highest BCUT2D eigenvalue weighted by Gasteiger charge is 2.36. The molecule has 0 aromatic carbocycles. The molecule has 0 spiro atoms. The van der Waals surface area contributed by atoms with Crippen LogP contribution in [-0.4, -0.2) is 59.6 Å². The predicted octanol–water partition coefficient (Wildman–Crippen LogP) is 4.74. The van der Waals surface area contributed by atoms with Crippen LogP contribution in [0.1, 0.15) is 60.8 Å². The lowest BCUT2D eigenvalue weighted by Gasteiger charge is -2.36. The van der Waals surface area contributed by atoms with Gasteiger partial charge in [0, 0.05) is 26.4 Å². The second kappa shape index (κ2) is 12.8. The van der Waals surface area contributed by atoms with Gasteiger partial charge in [0.15, 0.2) is 8.32 Å². The molecule has 162 valence electrons. The molecule has 1 N–H and O–H groups in total. The molecule has 0 aliphatic rings. The molecule has 1 amide bonds. The van der Waals surface area contributed by atoms with Crippen molar-refractivity contribution in [1.82, 2.24) is 5.32 Å². The molecule has 0 atom stereocenters. The standard InChI is InChI=1S/C20H43NO5Si/c1-19(2,3)26-18(22)21-12-9-10-13-23-16-17-24-14-11-15-25-27(7,8)20(4,5)6/h9-17H2,1-8H3,(H,21,22). The maximum absolute atomic E-state index is 11.5. The number of hydrogen-bond acceptors (Lipinski definition) is 5. The summed E-state index contributed by atoms with van der Waals surface area (Å²) in [6.45, 7) is 20.8. The molecule has 0 fully saturated rings. The Kier molecular flexibility index (Phi) is 12.5. The van der Waals surface area contributed by atoms with E-state index in [1.165, 1.54) is 0 Å². The maximum Gasteiger partial charge on any atom is 0.407 e. The van der Waals surface area contributed by atoms with Gasteiger partial charge in [0.1, 0.15) is 5.60 Å². The topological polar surface area (TPSA) is 66.0 Å². The van der Waals surface area contributed by atoms with Gasteiger partial charge < -0.3 is 24.0 Å². The van der Waals surface area contributed by atoms with Gasteiger partial charge in [-0.15, -0.1) is 0 Å². The van der Waals surface area contributed by atoms with Gasteiger partial charge in [-0.3, -0.25) is 0 Å². The molecule has 0 heterocycles. The van der Waals surface area contributed by atoms with Crippen LogP contribution in [0.15, 0.2) is 0 Å². The van der Waals surface area contributed by atoms with Crippen LogP contribution in [0.3, 0.4) is 0 Å². The molecule has 0 saturated carbocycles. The molecule has 0 unspecified atom stereocenters. The Morgan fingerprint density at radius 2 is 1.37 bits per heavy atom. The molecule has 7 heteroatoms. The van der Waals surface area contributed by atoms with Crippen molar-refractivity contribution in [2.24, 2.45) is 0 Å². The zero-order valence-corrected chi connectivity index (χ0v) is 19.9. The summed E-state index contributed by atoms with van der Waals surface area (Å²) in [5.41, 5.74) is -0.454. The normalized spacial score (nSPS) is 12.9. The number of rotatable bonds is 13. The van der Waals surface area contributed by atoms with Crippen molar-refractivity contribution in [3.8, 4) is 0 Å². The van der Waals surface area contributed by atoms with Gasteiger partial charge in [0.2, 0.25) is 0 Å². The quantitative estimate of drug-likeness (QED) is 0.354. The fraction of sp³-hybridized carbons (Fsp3) is 0.950. The molecule has 0 bridgehead atoms. The minimum atomic E-state index is -1.64. The van der Waals surface area contributed by atoms with Gasteiger partial charge in [0.25, 0.3) is 0 Å². The molecule has 0 aliphatic heterocycles. The third-order valence-electron chi connectivity index (χ3n) is 4.46. The van der Waals surface area contributed by atoms with Gasteiger partial charge in [-0.1, -0.05) is 20.8 Å². The van der Waals surface area contributed by atoms with E-state index >= 15 is 0 Å². The Morgan fingerprint density at radius 1 is 0.815 bits per heavy atom. The number of amides is 1. The minimum Gasteiger partial charge on any atom is -0.444 e. The van der Waals surface area contributed by atoms with Crippen molar-refractivity contribution in [2.45, 2.75) is 84.5 Å². The zero-order valence-electron chi connectivity index (χ0n) is 18.9. The summed E-state index contributed by atoms with van der Waals surface area (Å²) in [6.07, 6.45) is 2.32. The Labute approximate surface area is 167 Å². The molecular weight excluding hydrogens is 362 g/mol. The highest BCUT2D eigenvalue weighted by Crippen LogP contribution is 2.36. The lowest BCUT2D eigenvalue weighted by molar-refractivity contribution is 0.0413. The van der Waals surface area contributed by atoms with Crippen LogP contribution in [0, 0.1) is 0 Å². The highest BCUT2D eigenvalue weighted by molar-refractivity contribution is 6.74. The van der Waals surface area contributed by atoms with E-state index in [2.05, 4.69) is 39.2 Å². The van der Waals surface area contributed by atoms with Crippen LogP contribution in [0.25, 0.3) is 0 Å². The van der Waals surface area contributed by atoms with Crippen molar-refractivity contribution in [1.29, 1.82) is 0 Å². The summed E-state index contributed by atoms with van der Waals surface area (Å²) in [7, 11) is -1.64. The Balaban J connectivity index is 3.38. The van der Waals surface area contributed by atoms with Crippen molar-refractivity contribution in [3.05, 3.63) is 0 Å². The molecule has 0 saturated heterocycles. The van der Waals surface area contributed by atoms with E-state index < -0.39 is 13.9 Å². The van der Waals surface area contributed by atoms with E-state index in [0.717, 1.165) is 25.9 Å². The van der Waals surface area contributed by atoms with Gasteiger partial charge in [-0.05, 0) is 58.2 Å². The fourth-order valence-corrected chi connectivity index (χ4v) is 2.95. The summed E-state index contributed by atoms with van der Waals surface area (Å²) in [5.74, 6) is 0. The number of alkyl carbamates (subject to hydrolysis) is 1. The van der Waals surface area contributed by atoms with E-state index in [9.17, 15) is 4.79 Å². The summed E-state index contributed by atoms with van der Waals surface area (Å²) >= 11 is 0. The lowest BCUT2D eigenvalue weighted by Crippen LogP contribution is -2.41. The first-order valence-electron chi connectivity index (χ1n) is 10.1. The Bertz CT molecular complexity index is 402. The molecule has 0 aromatic rings. The number of nitrogens with one attached hydrogen (secondary N) is 1. The van der Waals surface area contributed by atoms with Crippen molar-refractivity contribution >= 4 is 14.4 Å². The number of carbonyl (C=O) groups excluding carboxylic acids is 1. The number of carbonyl (C=O) groups is 1. The average Bonchev–Trinajstić information content (AvgIpc) is 2.48. The number of ether oxygens (including phenoxy) is 3. The second-order valence-electron chi connectivity index (χ2n) is 9.32. The lowest BCUT2D eigenvalue weighted by atomic mass is 10.2. The first-order chi connectivity index (χ1) is 12.4. The Morgan fingerprint density at radius 3 is 1.89 bits per heavy atom. The van der Waals surface area contributed by atoms with Crippen LogP contribution in [0.2, 0.25) is 18.1 Å². The van der Waals surface area contributed by atoms with Crippen LogP contribution in [-0.2, 0) is 18.6 Å². The van der Waals surface area contributed by atoms with Gasteiger partial charge in [0.05, 0.1) is 13.2 Å². The van der Waals surface area contributed by atoms with Crippen LogP contribution in [0.4, 0.5) is 4.79 Å². The SMILES string of the molecule is CC(C)(C)OC(=O)NCCCCOCCOCCCO[Si](C)(C)C(C)(C)C. The van der Waals surface area contributed by atoms with Crippen LogP contribution >= 0.6 is 0 Å². The van der Waals surface area contributed by atoms with Crippen molar-refractivity contribution < 1.29 is 23.4 Å². The van der Waals surface area contributed by atoms with Crippen LogP contribution in [0.5, 0.6) is 0 Å². The van der Waals surface area contributed by atoms with Crippen molar-refractivity contribution in [2.75, 3.05) is 39.6 Å². The largest absolute Gasteiger partial charge is 0.444 e. The van der Waals surface area contributed by atoms with Gasteiger partial charge in [-0.25, -0.2) is 4.79 Å². The number of unbranched alkanes of at least 4 members (excludes halogenated alkanes) is 1. The third-order valence-corrected chi connectivity index (χ3v) is 9.00. The zero-order chi connectivity index (χ0) is 21.0.